The number of fused-ring (bicyclic) bond motifs is 2. The number of aromatic hydroxyl groups is 4. The zero-order valence-corrected chi connectivity index (χ0v) is 15.2. The van der Waals surface area contributed by atoms with Crippen molar-refractivity contribution in [3.05, 3.63) is 34.9 Å². The molecule has 0 aromatic heterocycles. The number of rotatable bonds is 2. The minimum Gasteiger partial charge on any atom is -0.507 e. The van der Waals surface area contributed by atoms with Gasteiger partial charge in [-0.3, -0.25) is 0 Å². The molecular formula is C19H20O11. The van der Waals surface area contributed by atoms with E-state index in [4.69, 9.17) is 9.47 Å². The lowest BCUT2D eigenvalue weighted by Gasteiger charge is -2.41. The molecule has 162 valence electrons. The molecule has 0 aliphatic carbocycles. The van der Waals surface area contributed by atoms with Gasteiger partial charge in [-0.05, 0) is 6.07 Å². The van der Waals surface area contributed by atoms with E-state index in [0.717, 1.165) is 18.2 Å². The van der Waals surface area contributed by atoms with Gasteiger partial charge in [-0.1, -0.05) is 0 Å². The molecule has 2 heterocycles. The van der Waals surface area contributed by atoms with Gasteiger partial charge in [0.1, 0.15) is 59.6 Å². The summed E-state index contributed by atoms with van der Waals surface area (Å²) in [4.78, 5) is 0. The van der Waals surface area contributed by atoms with Gasteiger partial charge in [0.05, 0.1) is 17.7 Å². The average molecular weight is 424 g/mol. The first-order valence-electron chi connectivity index (χ1n) is 8.96. The SMILES string of the molecule is OC[C@H]1OC(c2c(O)cc3c(c2O)C(O)c2cc(O)c(O)cc2O3)[C@H](O)[C@@H](O)[C@@H]1O. The van der Waals surface area contributed by atoms with Crippen LogP contribution in [0.5, 0.6) is 34.5 Å². The normalized spacial score (nSPS) is 30.3. The molecule has 0 radical (unpaired) electrons. The Bertz CT molecular complexity index is 989. The van der Waals surface area contributed by atoms with Crippen molar-refractivity contribution in [2.24, 2.45) is 0 Å². The molecule has 0 spiro atoms. The van der Waals surface area contributed by atoms with E-state index < -0.39 is 71.8 Å². The lowest BCUT2D eigenvalue weighted by atomic mass is 9.87. The van der Waals surface area contributed by atoms with Crippen LogP contribution in [-0.4, -0.2) is 77.0 Å². The maximum atomic E-state index is 10.8. The highest BCUT2D eigenvalue weighted by atomic mass is 16.5. The number of aliphatic hydroxyl groups is 5. The Morgan fingerprint density at radius 2 is 1.37 bits per heavy atom. The molecule has 9 N–H and O–H groups in total. The first kappa shape index (κ1) is 20.5. The number of phenols is 4. The van der Waals surface area contributed by atoms with Crippen LogP contribution in [0.2, 0.25) is 0 Å². The van der Waals surface area contributed by atoms with Crippen LogP contribution in [0, 0.1) is 0 Å². The minimum absolute atomic E-state index is 0.0125. The zero-order chi connectivity index (χ0) is 21.9. The number of phenolic OH excluding ortho intramolecular Hbond substituents is 4. The smallest absolute Gasteiger partial charge is 0.161 e. The Labute approximate surface area is 168 Å². The van der Waals surface area contributed by atoms with Crippen molar-refractivity contribution < 1.29 is 55.4 Å². The first-order chi connectivity index (χ1) is 14.1. The fourth-order valence-corrected chi connectivity index (χ4v) is 3.78. The highest BCUT2D eigenvalue weighted by Crippen LogP contribution is 2.54. The second-order valence-electron chi connectivity index (χ2n) is 7.20. The fourth-order valence-electron chi connectivity index (χ4n) is 3.78. The summed E-state index contributed by atoms with van der Waals surface area (Å²) in [6.07, 6.45) is -9.58. The Morgan fingerprint density at radius 1 is 0.733 bits per heavy atom. The summed E-state index contributed by atoms with van der Waals surface area (Å²) < 4.78 is 10.9. The Kier molecular flexibility index (Phi) is 4.89. The molecule has 2 aliphatic heterocycles. The van der Waals surface area contributed by atoms with Crippen molar-refractivity contribution in [1.82, 2.24) is 0 Å². The van der Waals surface area contributed by atoms with Crippen molar-refractivity contribution >= 4 is 0 Å². The molecule has 2 unspecified atom stereocenters. The highest BCUT2D eigenvalue weighted by Gasteiger charge is 2.47. The number of ether oxygens (including phenoxy) is 2. The Morgan fingerprint density at radius 3 is 2.03 bits per heavy atom. The van der Waals surface area contributed by atoms with Crippen LogP contribution >= 0.6 is 0 Å². The van der Waals surface area contributed by atoms with E-state index in [2.05, 4.69) is 0 Å². The molecule has 11 heteroatoms. The van der Waals surface area contributed by atoms with Crippen LogP contribution in [0.1, 0.15) is 28.9 Å². The third kappa shape index (κ3) is 2.91. The molecule has 4 rings (SSSR count). The quantitative estimate of drug-likeness (QED) is 0.274. The predicted molar refractivity (Wildman–Crippen MR) is 96.4 cm³/mol. The van der Waals surface area contributed by atoms with Gasteiger partial charge in [0, 0.05) is 17.7 Å². The molecule has 2 aromatic carbocycles. The minimum atomic E-state index is -1.78. The maximum absolute atomic E-state index is 10.8. The zero-order valence-electron chi connectivity index (χ0n) is 15.2. The molecule has 2 aromatic rings. The lowest BCUT2D eigenvalue weighted by molar-refractivity contribution is -0.232. The molecular weight excluding hydrogens is 404 g/mol. The van der Waals surface area contributed by atoms with Crippen molar-refractivity contribution in [3.8, 4) is 34.5 Å². The van der Waals surface area contributed by atoms with E-state index in [0.29, 0.717) is 0 Å². The molecule has 11 nitrogen and oxygen atoms in total. The largest absolute Gasteiger partial charge is 0.507 e. The van der Waals surface area contributed by atoms with E-state index in [1.54, 1.807) is 0 Å². The van der Waals surface area contributed by atoms with Gasteiger partial charge >= 0.3 is 0 Å². The van der Waals surface area contributed by atoms with Crippen LogP contribution in [-0.2, 0) is 4.74 Å². The second-order valence-corrected chi connectivity index (χ2v) is 7.20. The molecule has 2 aliphatic rings. The second kappa shape index (κ2) is 7.16. The van der Waals surface area contributed by atoms with Crippen LogP contribution in [0.15, 0.2) is 18.2 Å². The number of hydrogen-bond donors (Lipinski definition) is 9. The van der Waals surface area contributed by atoms with Crippen LogP contribution in [0.3, 0.4) is 0 Å². The molecule has 0 bridgehead atoms. The third-order valence-corrected chi connectivity index (χ3v) is 5.39. The van der Waals surface area contributed by atoms with Gasteiger partial charge in [0.2, 0.25) is 0 Å². The monoisotopic (exact) mass is 424 g/mol. The topological polar surface area (TPSA) is 201 Å². The van der Waals surface area contributed by atoms with Crippen molar-refractivity contribution in [2.45, 2.75) is 36.6 Å². The molecule has 0 saturated carbocycles. The van der Waals surface area contributed by atoms with Gasteiger partial charge < -0.3 is 55.4 Å². The third-order valence-electron chi connectivity index (χ3n) is 5.39. The number of benzene rings is 2. The van der Waals surface area contributed by atoms with Crippen LogP contribution < -0.4 is 4.74 Å². The van der Waals surface area contributed by atoms with Gasteiger partial charge in [-0.2, -0.15) is 0 Å². The summed E-state index contributed by atoms with van der Waals surface area (Å²) in [5.74, 6) is -2.56. The molecule has 30 heavy (non-hydrogen) atoms. The molecule has 6 atom stereocenters. The predicted octanol–water partition coefficient (Wildman–Crippen LogP) is -0.789. The van der Waals surface area contributed by atoms with Crippen molar-refractivity contribution in [2.75, 3.05) is 6.61 Å². The van der Waals surface area contributed by atoms with E-state index in [1.807, 2.05) is 0 Å². The standard InChI is InChI=1S/C19H20O11/c20-4-11-15(25)17(27)18(28)19(30-11)12-8(23)3-10-13(16(12)26)14(24)5-1-6(21)7(22)2-9(5)29-10/h1-3,11,14-15,17-28H,4H2/t11-,14?,15-,17+,18-,19?/m1/s1. The molecule has 0 amide bonds. The van der Waals surface area contributed by atoms with E-state index >= 15 is 0 Å². The van der Waals surface area contributed by atoms with E-state index in [9.17, 15) is 46.0 Å². The average Bonchev–Trinajstić information content (AvgIpc) is 2.69. The number of aliphatic hydroxyl groups excluding tert-OH is 5. The summed E-state index contributed by atoms with van der Waals surface area (Å²) in [5, 5.41) is 91.0. The van der Waals surface area contributed by atoms with E-state index in [-0.39, 0.29) is 22.6 Å². The lowest BCUT2D eigenvalue weighted by Crippen LogP contribution is -2.55. The van der Waals surface area contributed by atoms with Crippen LogP contribution in [0.25, 0.3) is 0 Å². The summed E-state index contributed by atoms with van der Waals surface area (Å²) in [7, 11) is 0. The fraction of sp³-hybridized carbons (Fsp3) is 0.368. The van der Waals surface area contributed by atoms with Crippen LogP contribution in [0.4, 0.5) is 0 Å². The molecule has 1 saturated heterocycles. The highest BCUT2D eigenvalue weighted by molar-refractivity contribution is 5.65. The summed E-state index contributed by atoms with van der Waals surface area (Å²) in [5.41, 5.74) is -0.615. The first-order valence-corrected chi connectivity index (χ1v) is 8.96. The van der Waals surface area contributed by atoms with Gasteiger partial charge in [-0.15, -0.1) is 0 Å². The van der Waals surface area contributed by atoms with Crippen molar-refractivity contribution in [1.29, 1.82) is 0 Å². The Hall–Kier alpha value is -2.80. The maximum Gasteiger partial charge on any atom is 0.161 e. The van der Waals surface area contributed by atoms with Crippen molar-refractivity contribution in [3.63, 3.8) is 0 Å². The summed E-state index contributed by atoms with van der Waals surface area (Å²) in [6, 6.07) is 3.12. The summed E-state index contributed by atoms with van der Waals surface area (Å²) in [6.45, 7) is -0.713. The van der Waals surface area contributed by atoms with Gasteiger partial charge in [-0.25, -0.2) is 0 Å². The summed E-state index contributed by atoms with van der Waals surface area (Å²) >= 11 is 0. The number of hydrogen-bond acceptors (Lipinski definition) is 11. The van der Waals surface area contributed by atoms with E-state index in [1.165, 1.54) is 0 Å². The van der Waals surface area contributed by atoms with Gasteiger partial charge in [0.15, 0.2) is 11.5 Å². The van der Waals surface area contributed by atoms with Gasteiger partial charge in [0.25, 0.3) is 0 Å². The molecule has 1 fully saturated rings. The Balaban J connectivity index is 1.82.